The van der Waals surface area contributed by atoms with Crippen molar-refractivity contribution in [3.63, 3.8) is 0 Å². The number of hydrogen-bond acceptors (Lipinski definition) is 10. The first kappa shape index (κ1) is 26.2. The molecule has 32 heavy (non-hydrogen) atoms. The number of methoxy groups -OCH3 is 4. The predicted octanol–water partition coefficient (Wildman–Crippen LogP) is 1.83. The lowest BCUT2D eigenvalue weighted by Gasteiger charge is -2.62. The van der Waals surface area contributed by atoms with Gasteiger partial charge in [-0.2, -0.15) is 0 Å². The van der Waals surface area contributed by atoms with Crippen LogP contribution in [0.2, 0.25) is 0 Å². The Kier molecular flexibility index (Phi) is 7.64. The fourth-order valence-corrected chi connectivity index (χ4v) is 4.82. The van der Waals surface area contributed by atoms with Crippen molar-refractivity contribution in [3.8, 4) is 0 Å². The molecule has 0 aromatic carbocycles. The highest BCUT2D eigenvalue weighted by Crippen LogP contribution is 2.50. The van der Waals surface area contributed by atoms with E-state index in [1.807, 2.05) is 13.8 Å². The van der Waals surface area contributed by atoms with Crippen LogP contribution >= 0.6 is 0 Å². The van der Waals surface area contributed by atoms with Crippen LogP contribution in [0.15, 0.2) is 0 Å². The van der Waals surface area contributed by atoms with Crippen LogP contribution in [0.25, 0.3) is 0 Å². The molecule has 10 atom stereocenters. The van der Waals surface area contributed by atoms with E-state index in [1.54, 1.807) is 56.1 Å². The van der Waals surface area contributed by atoms with Crippen molar-refractivity contribution in [1.82, 2.24) is 0 Å². The Bertz CT molecular complexity index is 548. The van der Waals surface area contributed by atoms with Crippen LogP contribution < -0.4 is 0 Å². The first-order chi connectivity index (χ1) is 15.0. The Morgan fingerprint density at radius 1 is 0.500 bits per heavy atom. The SMILES string of the molecule is CCOC1[C@H]2O[C@](C)(OC)[C@@](C)(OC)O[C@@H]2C(OCC)[C@@H]2O[C@@](C)(OC)[C@](C)(OC)O[C@@H]12. The van der Waals surface area contributed by atoms with E-state index in [1.165, 1.54) is 0 Å². The van der Waals surface area contributed by atoms with Crippen molar-refractivity contribution >= 4 is 0 Å². The third-order valence-electron chi connectivity index (χ3n) is 7.31. The molecular weight excluding hydrogens is 424 g/mol. The number of fused-ring (bicyclic) bond motifs is 2. The molecule has 0 radical (unpaired) electrons. The average Bonchev–Trinajstić information content (AvgIpc) is 2.78. The van der Waals surface area contributed by atoms with Gasteiger partial charge in [-0.05, 0) is 41.5 Å². The lowest BCUT2D eigenvalue weighted by atomic mass is 9.80. The van der Waals surface area contributed by atoms with Crippen LogP contribution in [0.1, 0.15) is 41.5 Å². The van der Waals surface area contributed by atoms with Gasteiger partial charge in [0.05, 0.1) is 0 Å². The van der Waals surface area contributed by atoms with Gasteiger partial charge in [-0.1, -0.05) is 0 Å². The molecule has 3 aliphatic rings. The van der Waals surface area contributed by atoms with Crippen LogP contribution in [0.4, 0.5) is 0 Å². The second kappa shape index (κ2) is 9.33. The fraction of sp³-hybridized carbons (Fsp3) is 1.00. The molecule has 2 aliphatic heterocycles. The minimum atomic E-state index is -1.21. The van der Waals surface area contributed by atoms with Crippen molar-refractivity contribution in [2.75, 3.05) is 41.7 Å². The molecule has 1 saturated carbocycles. The minimum absolute atomic E-state index is 0.430. The van der Waals surface area contributed by atoms with Crippen molar-refractivity contribution in [2.24, 2.45) is 0 Å². The van der Waals surface area contributed by atoms with E-state index in [9.17, 15) is 0 Å². The minimum Gasteiger partial charge on any atom is -0.373 e. The molecule has 2 heterocycles. The van der Waals surface area contributed by atoms with Crippen LogP contribution in [-0.2, 0) is 47.4 Å². The van der Waals surface area contributed by atoms with Gasteiger partial charge in [0.2, 0.25) is 23.1 Å². The Morgan fingerprint density at radius 3 is 0.875 bits per heavy atom. The zero-order valence-electron chi connectivity index (χ0n) is 21.0. The first-order valence-corrected chi connectivity index (χ1v) is 11.2. The molecule has 0 bridgehead atoms. The smallest absolute Gasteiger partial charge is 0.220 e. The summed E-state index contributed by atoms with van der Waals surface area (Å²) in [5.41, 5.74) is 0. The third-order valence-corrected chi connectivity index (χ3v) is 7.31. The number of rotatable bonds is 8. The summed E-state index contributed by atoms with van der Waals surface area (Å²) < 4.78 is 61.3. The summed E-state index contributed by atoms with van der Waals surface area (Å²) >= 11 is 0. The lowest BCUT2D eigenvalue weighted by Crippen LogP contribution is -2.79. The largest absolute Gasteiger partial charge is 0.373 e. The maximum Gasteiger partial charge on any atom is 0.220 e. The van der Waals surface area contributed by atoms with Gasteiger partial charge in [0.15, 0.2) is 0 Å². The van der Waals surface area contributed by atoms with E-state index in [2.05, 4.69) is 0 Å². The molecule has 0 aromatic heterocycles. The summed E-state index contributed by atoms with van der Waals surface area (Å²) in [7, 11) is 6.20. The van der Waals surface area contributed by atoms with E-state index in [0.29, 0.717) is 13.2 Å². The van der Waals surface area contributed by atoms with Crippen molar-refractivity contribution < 1.29 is 47.4 Å². The van der Waals surface area contributed by atoms with Gasteiger partial charge in [0.25, 0.3) is 0 Å². The van der Waals surface area contributed by atoms with Crippen molar-refractivity contribution in [1.29, 1.82) is 0 Å². The zero-order valence-corrected chi connectivity index (χ0v) is 21.0. The molecule has 0 N–H and O–H groups in total. The number of ether oxygens (including phenoxy) is 10. The lowest BCUT2D eigenvalue weighted by molar-refractivity contribution is -0.506. The van der Waals surface area contributed by atoms with E-state index in [4.69, 9.17) is 47.4 Å². The van der Waals surface area contributed by atoms with E-state index >= 15 is 0 Å². The summed E-state index contributed by atoms with van der Waals surface area (Å²) in [4.78, 5) is 0. The molecule has 0 spiro atoms. The summed E-state index contributed by atoms with van der Waals surface area (Å²) in [6.45, 7) is 11.8. The fourth-order valence-electron chi connectivity index (χ4n) is 4.82. The third kappa shape index (κ3) is 3.82. The second-order valence-corrected chi connectivity index (χ2v) is 8.77. The first-order valence-electron chi connectivity index (χ1n) is 11.2. The highest BCUT2D eigenvalue weighted by molar-refractivity contribution is 5.10. The molecule has 10 heteroatoms. The topological polar surface area (TPSA) is 92.3 Å². The summed E-state index contributed by atoms with van der Waals surface area (Å²) in [6.07, 6.45) is -3.46. The van der Waals surface area contributed by atoms with Crippen LogP contribution in [-0.4, -0.2) is 101 Å². The van der Waals surface area contributed by atoms with Crippen LogP contribution in [0.5, 0.6) is 0 Å². The molecule has 3 rings (SSSR count). The summed E-state index contributed by atoms with van der Waals surface area (Å²) in [5.74, 6) is -4.82. The van der Waals surface area contributed by atoms with Gasteiger partial charge in [0.1, 0.15) is 36.6 Å². The van der Waals surface area contributed by atoms with Gasteiger partial charge < -0.3 is 47.4 Å². The van der Waals surface area contributed by atoms with Crippen LogP contribution in [0.3, 0.4) is 0 Å². The van der Waals surface area contributed by atoms with Crippen molar-refractivity contribution in [2.45, 2.75) is 101 Å². The molecule has 2 saturated heterocycles. The Morgan fingerprint density at radius 2 is 0.719 bits per heavy atom. The molecule has 188 valence electrons. The summed E-state index contributed by atoms with van der Waals surface area (Å²) in [5, 5.41) is 0. The quantitative estimate of drug-likeness (QED) is 0.530. The van der Waals surface area contributed by atoms with Crippen LogP contribution in [0, 0.1) is 0 Å². The molecule has 3 fully saturated rings. The van der Waals surface area contributed by atoms with E-state index < -0.39 is 59.8 Å². The van der Waals surface area contributed by atoms with E-state index in [0.717, 1.165) is 0 Å². The van der Waals surface area contributed by atoms with Gasteiger partial charge >= 0.3 is 0 Å². The Labute approximate surface area is 191 Å². The highest BCUT2D eigenvalue weighted by atomic mass is 16.8. The molecule has 2 unspecified atom stereocenters. The molecule has 10 nitrogen and oxygen atoms in total. The monoisotopic (exact) mass is 464 g/mol. The Balaban J connectivity index is 2.09. The van der Waals surface area contributed by atoms with Gasteiger partial charge in [0, 0.05) is 41.7 Å². The van der Waals surface area contributed by atoms with Gasteiger partial charge in [-0.15, -0.1) is 0 Å². The second-order valence-electron chi connectivity index (χ2n) is 8.77. The maximum atomic E-state index is 6.52. The molecule has 0 amide bonds. The van der Waals surface area contributed by atoms with Gasteiger partial charge in [-0.3, -0.25) is 0 Å². The van der Waals surface area contributed by atoms with Crippen molar-refractivity contribution in [3.05, 3.63) is 0 Å². The molecule has 0 aromatic rings. The molecular formula is C22H40O10. The maximum absolute atomic E-state index is 6.52. The highest BCUT2D eigenvalue weighted by Gasteiger charge is 2.69. The summed E-state index contributed by atoms with van der Waals surface area (Å²) in [6, 6.07) is 0. The van der Waals surface area contributed by atoms with E-state index in [-0.39, 0.29) is 0 Å². The predicted molar refractivity (Wildman–Crippen MR) is 112 cm³/mol. The van der Waals surface area contributed by atoms with Gasteiger partial charge in [-0.25, -0.2) is 0 Å². The average molecular weight is 465 g/mol. The number of hydrogen-bond donors (Lipinski definition) is 0. The normalized spacial score (nSPS) is 51.2. The standard InChI is InChI=1S/C22H40O10/c1-11-27-13-15-17(31-21(5,25-9)19(3,23-7)29-15)14(28-12-2)18-16(13)30-20(4,24-8)22(6,26-10)32-18/h13-18H,11-12H2,1-10H3/t13?,14?,15-,16+,17-,18+,19+,20-,21+,22-. The zero-order chi connectivity index (χ0) is 23.9. The molecule has 1 aliphatic carbocycles. The Hall–Kier alpha value is -0.400.